The molecule has 0 spiro atoms. The van der Waals surface area contributed by atoms with Crippen molar-refractivity contribution in [2.75, 3.05) is 13.2 Å². The third-order valence-corrected chi connectivity index (χ3v) is 12.1. The molecule has 226 valence electrons. The van der Waals surface area contributed by atoms with Gasteiger partial charge in [0.15, 0.2) is 6.29 Å². The van der Waals surface area contributed by atoms with Crippen molar-refractivity contribution in [3.8, 4) is 0 Å². The Morgan fingerprint density at radius 1 is 0.974 bits per heavy atom. The minimum Gasteiger partial charge on any atom is -0.394 e. The summed E-state index contributed by atoms with van der Waals surface area (Å²) in [5.74, 6) is 5.08. The second-order valence-electron chi connectivity index (χ2n) is 14.7. The monoisotopic (exact) mass is 548 g/mol. The first-order valence-corrected chi connectivity index (χ1v) is 16.5. The van der Waals surface area contributed by atoms with Gasteiger partial charge in [0, 0.05) is 0 Å². The highest BCUT2D eigenvalue weighted by Crippen LogP contribution is 2.67. The average Bonchev–Trinajstić information content (AvgIpc) is 3.27. The van der Waals surface area contributed by atoms with Crippen molar-refractivity contribution < 1.29 is 24.8 Å². The molecule has 0 heterocycles. The highest BCUT2D eigenvalue weighted by molar-refractivity contribution is 5.25. The van der Waals surface area contributed by atoms with Crippen molar-refractivity contribution >= 4 is 0 Å². The highest BCUT2D eigenvalue weighted by Gasteiger charge is 2.59. The first kappa shape index (κ1) is 31.5. The standard InChI is InChI=1S/C34H60O5/c1-7-32(39-31(21-36)30(37)20-35)38-25-15-17-33(5)24(19-25)11-12-26-28-14-13-27(23(4)10-8-9-22(2)3)34(28,6)18-16-29(26)33/h11,22-23,25-32,35-37H,7-10,12-21H2,1-6H3/t23?,25?,26?,27-,28?,29?,30+,31-,32?,33+,34-/m1/s1. The van der Waals surface area contributed by atoms with Crippen LogP contribution in [0.3, 0.4) is 0 Å². The van der Waals surface area contributed by atoms with E-state index < -0.39 is 25.1 Å². The summed E-state index contributed by atoms with van der Waals surface area (Å²) >= 11 is 0. The topological polar surface area (TPSA) is 79.2 Å². The molecule has 5 nitrogen and oxygen atoms in total. The Labute approximate surface area is 239 Å². The summed E-state index contributed by atoms with van der Waals surface area (Å²) in [6, 6.07) is 0. The largest absolute Gasteiger partial charge is 0.394 e. The summed E-state index contributed by atoms with van der Waals surface area (Å²) in [5.41, 5.74) is 2.41. The average molecular weight is 549 g/mol. The molecule has 0 aliphatic heterocycles. The van der Waals surface area contributed by atoms with Crippen LogP contribution in [0.15, 0.2) is 11.6 Å². The number of aliphatic hydroxyl groups is 3. The van der Waals surface area contributed by atoms with E-state index in [1.165, 1.54) is 57.8 Å². The van der Waals surface area contributed by atoms with E-state index in [4.69, 9.17) is 9.47 Å². The Kier molecular flexibility index (Phi) is 10.7. The normalized spacial score (nSPS) is 39.3. The minimum absolute atomic E-state index is 0.104. The summed E-state index contributed by atoms with van der Waals surface area (Å²) in [5, 5.41) is 28.8. The van der Waals surface area contributed by atoms with Gasteiger partial charge >= 0.3 is 0 Å². The van der Waals surface area contributed by atoms with Gasteiger partial charge in [0.2, 0.25) is 0 Å². The molecule has 3 saturated carbocycles. The number of rotatable bonds is 13. The van der Waals surface area contributed by atoms with Gasteiger partial charge in [0.25, 0.3) is 0 Å². The molecule has 0 saturated heterocycles. The molecule has 0 aromatic carbocycles. The molecule has 0 aromatic rings. The van der Waals surface area contributed by atoms with Crippen LogP contribution in [0.4, 0.5) is 0 Å². The fourth-order valence-corrected chi connectivity index (χ4v) is 9.78. The van der Waals surface area contributed by atoms with Crippen molar-refractivity contribution in [1.29, 1.82) is 0 Å². The lowest BCUT2D eigenvalue weighted by molar-refractivity contribution is -0.226. The minimum atomic E-state index is -1.10. The van der Waals surface area contributed by atoms with Crippen LogP contribution in [0.25, 0.3) is 0 Å². The molecule has 0 bridgehead atoms. The molecule has 0 amide bonds. The molecular formula is C34H60O5. The lowest BCUT2D eigenvalue weighted by Crippen LogP contribution is -2.51. The molecule has 4 aliphatic carbocycles. The molecule has 0 aromatic heterocycles. The van der Waals surface area contributed by atoms with Crippen molar-refractivity contribution in [2.45, 2.75) is 143 Å². The van der Waals surface area contributed by atoms with Crippen LogP contribution in [0.5, 0.6) is 0 Å². The number of fused-ring (bicyclic) bond motifs is 5. The summed E-state index contributed by atoms with van der Waals surface area (Å²) in [4.78, 5) is 0. The quantitative estimate of drug-likeness (QED) is 0.173. The van der Waals surface area contributed by atoms with Crippen LogP contribution in [-0.4, -0.2) is 53.1 Å². The van der Waals surface area contributed by atoms with Crippen LogP contribution in [-0.2, 0) is 9.47 Å². The maximum absolute atomic E-state index is 9.95. The van der Waals surface area contributed by atoms with E-state index >= 15 is 0 Å². The molecule has 11 atom stereocenters. The van der Waals surface area contributed by atoms with E-state index in [0.717, 1.165) is 48.3 Å². The second-order valence-corrected chi connectivity index (χ2v) is 14.7. The number of ether oxygens (including phenoxy) is 2. The Morgan fingerprint density at radius 2 is 1.74 bits per heavy atom. The van der Waals surface area contributed by atoms with Gasteiger partial charge in [-0.3, -0.25) is 0 Å². The molecular weight excluding hydrogens is 488 g/mol. The van der Waals surface area contributed by atoms with Gasteiger partial charge in [-0.2, -0.15) is 0 Å². The lowest BCUT2D eigenvalue weighted by Gasteiger charge is -2.58. The summed E-state index contributed by atoms with van der Waals surface area (Å²) in [6.45, 7) is 13.7. The number of hydrogen-bond donors (Lipinski definition) is 3. The molecule has 39 heavy (non-hydrogen) atoms. The van der Waals surface area contributed by atoms with Crippen LogP contribution in [0.2, 0.25) is 0 Å². The zero-order valence-electron chi connectivity index (χ0n) is 25.9. The van der Waals surface area contributed by atoms with Gasteiger partial charge in [0.1, 0.15) is 12.2 Å². The highest BCUT2D eigenvalue weighted by atomic mass is 16.7. The smallest absolute Gasteiger partial charge is 0.158 e. The third-order valence-electron chi connectivity index (χ3n) is 12.1. The molecule has 6 unspecified atom stereocenters. The summed E-state index contributed by atoms with van der Waals surface area (Å²) < 4.78 is 12.3. The van der Waals surface area contributed by atoms with Crippen molar-refractivity contribution in [1.82, 2.24) is 0 Å². The van der Waals surface area contributed by atoms with Gasteiger partial charge in [-0.05, 0) is 104 Å². The zero-order chi connectivity index (χ0) is 28.4. The predicted molar refractivity (Wildman–Crippen MR) is 157 cm³/mol. The van der Waals surface area contributed by atoms with E-state index in [9.17, 15) is 15.3 Å². The molecule has 4 rings (SSSR count). The number of allylic oxidation sites excluding steroid dienone is 1. The molecule has 3 N–H and O–H groups in total. The maximum atomic E-state index is 9.95. The molecule has 5 heteroatoms. The van der Waals surface area contributed by atoms with E-state index in [1.54, 1.807) is 5.57 Å². The van der Waals surface area contributed by atoms with Crippen molar-refractivity contribution in [2.24, 2.45) is 46.3 Å². The van der Waals surface area contributed by atoms with Crippen LogP contribution >= 0.6 is 0 Å². The second kappa shape index (κ2) is 13.2. The van der Waals surface area contributed by atoms with Crippen LogP contribution < -0.4 is 0 Å². The van der Waals surface area contributed by atoms with Gasteiger partial charge in [-0.15, -0.1) is 0 Å². The first-order chi connectivity index (χ1) is 18.6. The molecule has 3 fully saturated rings. The Morgan fingerprint density at radius 3 is 2.41 bits per heavy atom. The maximum Gasteiger partial charge on any atom is 0.158 e. The van der Waals surface area contributed by atoms with Crippen LogP contribution in [0.1, 0.15) is 119 Å². The fourth-order valence-electron chi connectivity index (χ4n) is 9.78. The zero-order valence-corrected chi connectivity index (χ0v) is 25.9. The van der Waals surface area contributed by atoms with Gasteiger partial charge < -0.3 is 24.8 Å². The number of hydrogen-bond acceptors (Lipinski definition) is 5. The molecule has 0 radical (unpaired) electrons. The Hall–Kier alpha value is -0.460. The predicted octanol–water partition coefficient (Wildman–Crippen LogP) is 6.88. The van der Waals surface area contributed by atoms with Gasteiger partial charge in [-0.1, -0.05) is 72.5 Å². The van der Waals surface area contributed by atoms with Crippen LogP contribution in [0, 0.1) is 46.3 Å². The van der Waals surface area contributed by atoms with Gasteiger partial charge in [0.05, 0.1) is 19.3 Å². The fraction of sp³-hybridized carbons (Fsp3) is 0.941. The van der Waals surface area contributed by atoms with E-state index in [1.807, 2.05) is 6.92 Å². The Balaban J connectivity index is 1.39. The third kappa shape index (κ3) is 6.48. The number of aliphatic hydroxyl groups excluding tert-OH is 3. The lowest BCUT2D eigenvalue weighted by atomic mass is 9.47. The first-order valence-electron chi connectivity index (χ1n) is 16.5. The van der Waals surface area contributed by atoms with E-state index in [0.29, 0.717) is 11.8 Å². The van der Waals surface area contributed by atoms with E-state index in [-0.39, 0.29) is 18.1 Å². The van der Waals surface area contributed by atoms with E-state index in [2.05, 4.69) is 40.7 Å². The summed E-state index contributed by atoms with van der Waals surface area (Å²) in [7, 11) is 0. The molecule has 4 aliphatic rings. The SMILES string of the molecule is CCC(OC1CC[C@@]2(C)C(=CCC3C2CC[C@@]2(C)C3CC[C@@H]2C(C)CCCC(C)C)C1)O[C@H](CO)[C@@H](O)CO. The summed E-state index contributed by atoms with van der Waals surface area (Å²) in [6.07, 6.45) is 15.2. The van der Waals surface area contributed by atoms with Gasteiger partial charge in [-0.25, -0.2) is 0 Å². The Bertz CT molecular complexity index is 811. The van der Waals surface area contributed by atoms with Crippen molar-refractivity contribution in [3.05, 3.63) is 11.6 Å². The van der Waals surface area contributed by atoms with Crippen molar-refractivity contribution in [3.63, 3.8) is 0 Å².